The number of piperidine rings is 1. The van der Waals surface area contributed by atoms with E-state index in [1.54, 1.807) is 23.5 Å². The SMILES string of the molecule is NC1N=C(Nc2ccc(F)cc2)c2ccsc2N1C1CCN(Cc2ccccc2)CC1. The fourth-order valence-corrected chi connectivity index (χ4v) is 5.42. The Balaban J connectivity index is 1.28. The van der Waals surface area contributed by atoms with E-state index in [1.165, 1.54) is 17.7 Å². The molecular weight excluding hydrogens is 409 g/mol. The van der Waals surface area contributed by atoms with Crippen molar-refractivity contribution in [3.63, 3.8) is 0 Å². The van der Waals surface area contributed by atoms with Gasteiger partial charge in [-0.1, -0.05) is 30.3 Å². The molecule has 3 heterocycles. The smallest absolute Gasteiger partial charge is 0.176 e. The van der Waals surface area contributed by atoms with Gasteiger partial charge in [-0.15, -0.1) is 11.3 Å². The number of hydrogen-bond acceptors (Lipinski definition) is 6. The number of benzene rings is 2. The van der Waals surface area contributed by atoms with Gasteiger partial charge in [-0.05, 0) is 54.1 Å². The van der Waals surface area contributed by atoms with Crippen LogP contribution in [0.3, 0.4) is 0 Å². The topological polar surface area (TPSA) is 56.9 Å². The van der Waals surface area contributed by atoms with Gasteiger partial charge in [0.1, 0.15) is 16.7 Å². The third-order valence-corrected chi connectivity index (χ3v) is 6.91. The van der Waals surface area contributed by atoms with Gasteiger partial charge in [0, 0.05) is 31.4 Å². The number of thiophene rings is 1. The van der Waals surface area contributed by atoms with Crippen molar-refractivity contribution < 1.29 is 4.39 Å². The minimum Gasteiger partial charge on any atom is -0.340 e. The van der Waals surface area contributed by atoms with Gasteiger partial charge in [-0.25, -0.2) is 9.38 Å². The van der Waals surface area contributed by atoms with Crippen LogP contribution in [0.4, 0.5) is 15.1 Å². The van der Waals surface area contributed by atoms with Gasteiger partial charge >= 0.3 is 0 Å². The molecule has 2 aromatic carbocycles. The van der Waals surface area contributed by atoms with E-state index in [0.29, 0.717) is 6.04 Å². The standard InChI is InChI=1S/C24H26FN5S/c25-18-6-8-19(9-7-18)27-22-21-12-15-31-23(21)30(24(26)28-22)20-10-13-29(14-11-20)16-17-4-2-1-3-5-17/h1-9,12,15,20,24H,10-11,13-14,16,26H2,(H,27,28). The molecule has 2 aliphatic rings. The highest BCUT2D eigenvalue weighted by Gasteiger charge is 2.34. The molecule has 0 saturated carbocycles. The van der Waals surface area contributed by atoms with Gasteiger partial charge in [0.15, 0.2) is 6.29 Å². The van der Waals surface area contributed by atoms with Crippen molar-refractivity contribution in [1.82, 2.24) is 4.90 Å². The molecule has 1 fully saturated rings. The number of hydrogen-bond donors (Lipinski definition) is 2. The number of rotatable bonds is 4. The van der Waals surface area contributed by atoms with E-state index in [2.05, 4.69) is 56.9 Å². The summed E-state index contributed by atoms with van der Waals surface area (Å²) in [5.41, 5.74) is 9.76. The van der Waals surface area contributed by atoms with Gasteiger partial charge < -0.3 is 10.2 Å². The number of nitrogens with one attached hydrogen (secondary N) is 1. The van der Waals surface area contributed by atoms with E-state index in [0.717, 1.165) is 54.6 Å². The number of amidine groups is 1. The van der Waals surface area contributed by atoms with Crippen molar-refractivity contribution >= 4 is 27.9 Å². The monoisotopic (exact) mass is 435 g/mol. The Hall–Kier alpha value is -2.74. The molecule has 3 N–H and O–H groups in total. The molecule has 0 spiro atoms. The maximum absolute atomic E-state index is 13.2. The van der Waals surface area contributed by atoms with Gasteiger partial charge in [0.05, 0.1) is 5.56 Å². The average molecular weight is 436 g/mol. The molecule has 5 rings (SSSR count). The van der Waals surface area contributed by atoms with Crippen molar-refractivity contribution in [3.8, 4) is 0 Å². The molecular formula is C24H26FN5S. The van der Waals surface area contributed by atoms with Crippen LogP contribution in [0.2, 0.25) is 0 Å². The fourth-order valence-electron chi connectivity index (χ4n) is 4.41. The highest BCUT2D eigenvalue weighted by Crippen LogP contribution is 2.37. The molecule has 2 aliphatic heterocycles. The average Bonchev–Trinajstić information content (AvgIpc) is 3.27. The molecule has 7 heteroatoms. The summed E-state index contributed by atoms with van der Waals surface area (Å²) in [6, 6.07) is 19.4. The Labute approximate surface area is 186 Å². The summed E-state index contributed by atoms with van der Waals surface area (Å²) in [5, 5.41) is 6.56. The fraction of sp³-hybridized carbons (Fsp3) is 0.292. The summed E-state index contributed by atoms with van der Waals surface area (Å²) in [6.07, 6.45) is 1.70. The van der Waals surface area contributed by atoms with Crippen molar-refractivity contribution in [2.75, 3.05) is 23.3 Å². The zero-order chi connectivity index (χ0) is 21.2. The first-order valence-electron chi connectivity index (χ1n) is 10.7. The van der Waals surface area contributed by atoms with Crippen LogP contribution in [0.25, 0.3) is 0 Å². The van der Waals surface area contributed by atoms with Crippen LogP contribution in [0.15, 0.2) is 71.0 Å². The zero-order valence-electron chi connectivity index (χ0n) is 17.2. The molecule has 0 aliphatic carbocycles. The van der Waals surface area contributed by atoms with Gasteiger partial charge in [-0.2, -0.15) is 0 Å². The Kier molecular flexibility index (Phi) is 5.72. The van der Waals surface area contributed by atoms with E-state index in [-0.39, 0.29) is 5.82 Å². The number of nitrogens with zero attached hydrogens (tertiary/aromatic N) is 3. The Morgan fingerprint density at radius 1 is 1.03 bits per heavy atom. The first-order chi connectivity index (χ1) is 15.2. The second kappa shape index (κ2) is 8.78. The molecule has 1 aromatic heterocycles. The van der Waals surface area contributed by atoms with E-state index in [1.807, 2.05) is 0 Å². The van der Waals surface area contributed by atoms with Crippen LogP contribution in [-0.4, -0.2) is 36.2 Å². The Morgan fingerprint density at radius 3 is 2.52 bits per heavy atom. The van der Waals surface area contributed by atoms with Crippen molar-refractivity contribution in [1.29, 1.82) is 0 Å². The number of halogens is 1. The van der Waals surface area contributed by atoms with Crippen molar-refractivity contribution in [2.45, 2.75) is 31.7 Å². The Morgan fingerprint density at radius 2 is 1.77 bits per heavy atom. The largest absolute Gasteiger partial charge is 0.340 e. The minimum atomic E-state index is -0.431. The molecule has 1 atom stereocenters. The van der Waals surface area contributed by atoms with Gasteiger partial charge in [0.2, 0.25) is 0 Å². The van der Waals surface area contributed by atoms with E-state index in [4.69, 9.17) is 10.7 Å². The third kappa shape index (κ3) is 4.35. The van der Waals surface area contributed by atoms with Crippen LogP contribution >= 0.6 is 11.3 Å². The predicted molar refractivity (Wildman–Crippen MR) is 126 cm³/mol. The molecule has 160 valence electrons. The molecule has 0 bridgehead atoms. The van der Waals surface area contributed by atoms with Crippen LogP contribution in [0.1, 0.15) is 24.0 Å². The number of aliphatic imine (C=N–C) groups is 1. The van der Waals surface area contributed by atoms with E-state index >= 15 is 0 Å². The molecule has 0 amide bonds. The lowest BCUT2D eigenvalue weighted by Gasteiger charge is -2.42. The molecule has 3 aromatic rings. The molecule has 0 radical (unpaired) electrons. The molecule has 1 saturated heterocycles. The molecule has 1 unspecified atom stereocenters. The highest BCUT2D eigenvalue weighted by atomic mass is 32.1. The molecule has 31 heavy (non-hydrogen) atoms. The summed E-state index contributed by atoms with van der Waals surface area (Å²) >= 11 is 1.70. The number of likely N-dealkylation sites (tertiary alicyclic amines) is 1. The van der Waals surface area contributed by atoms with Gasteiger partial charge in [0.25, 0.3) is 0 Å². The lowest BCUT2D eigenvalue weighted by molar-refractivity contribution is 0.198. The summed E-state index contributed by atoms with van der Waals surface area (Å²) in [7, 11) is 0. The first kappa shape index (κ1) is 20.2. The second-order valence-corrected chi connectivity index (χ2v) is 8.96. The first-order valence-corrected chi connectivity index (χ1v) is 11.5. The molecule has 5 nitrogen and oxygen atoms in total. The zero-order valence-corrected chi connectivity index (χ0v) is 18.1. The highest BCUT2D eigenvalue weighted by molar-refractivity contribution is 7.14. The second-order valence-electron chi connectivity index (χ2n) is 8.06. The van der Waals surface area contributed by atoms with Gasteiger partial charge in [-0.3, -0.25) is 10.6 Å². The maximum atomic E-state index is 13.2. The third-order valence-electron chi connectivity index (χ3n) is 5.99. The summed E-state index contributed by atoms with van der Waals surface area (Å²) < 4.78 is 13.2. The number of anilines is 2. The number of fused-ring (bicyclic) bond motifs is 1. The lowest BCUT2D eigenvalue weighted by atomic mass is 10.0. The summed E-state index contributed by atoms with van der Waals surface area (Å²) in [4.78, 5) is 9.57. The lowest BCUT2D eigenvalue weighted by Crippen LogP contribution is -2.54. The van der Waals surface area contributed by atoms with Crippen LogP contribution in [-0.2, 0) is 6.54 Å². The van der Waals surface area contributed by atoms with Crippen LogP contribution < -0.4 is 16.0 Å². The van der Waals surface area contributed by atoms with E-state index in [9.17, 15) is 4.39 Å². The maximum Gasteiger partial charge on any atom is 0.176 e. The van der Waals surface area contributed by atoms with E-state index < -0.39 is 6.29 Å². The summed E-state index contributed by atoms with van der Waals surface area (Å²) in [6.45, 7) is 3.09. The normalized spacial score (nSPS) is 19.7. The summed E-state index contributed by atoms with van der Waals surface area (Å²) in [5.74, 6) is 0.488. The van der Waals surface area contributed by atoms with Crippen molar-refractivity contribution in [3.05, 3.63) is 83.0 Å². The van der Waals surface area contributed by atoms with Crippen LogP contribution in [0.5, 0.6) is 0 Å². The number of nitrogens with two attached hydrogens (primary N) is 1. The van der Waals surface area contributed by atoms with Crippen LogP contribution in [0, 0.1) is 5.82 Å². The minimum absolute atomic E-state index is 0.256. The van der Waals surface area contributed by atoms with Crippen molar-refractivity contribution in [2.24, 2.45) is 10.7 Å². The Bertz CT molecular complexity index is 1040. The quantitative estimate of drug-likeness (QED) is 0.635. The predicted octanol–water partition coefficient (Wildman–Crippen LogP) is 4.47.